The summed E-state index contributed by atoms with van der Waals surface area (Å²) in [5.74, 6) is -0.513. The third-order valence-electron chi connectivity index (χ3n) is 6.86. The molecule has 9 heteroatoms. The van der Waals surface area contributed by atoms with Gasteiger partial charge in [0.2, 0.25) is 5.91 Å². The predicted molar refractivity (Wildman–Crippen MR) is 114 cm³/mol. The normalized spacial score (nSPS) is 30.1. The summed E-state index contributed by atoms with van der Waals surface area (Å²) in [6, 6.07) is 2.98. The second-order valence-corrected chi connectivity index (χ2v) is 12.2. The third kappa shape index (κ3) is 3.91. The zero-order valence-corrected chi connectivity index (χ0v) is 19.2. The predicted octanol–water partition coefficient (Wildman–Crippen LogP) is 2.79. The Kier molecular flexibility index (Phi) is 6.23. The first kappa shape index (κ1) is 21.8. The van der Waals surface area contributed by atoms with Crippen molar-refractivity contribution in [3.8, 4) is 0 Å². The lowest BCUT2D eigenvalue weighted by molar-refractivity contribution is -0.154. The zero-order valence-electron chi connectivity index (χ0n) is 17.6. The first-order chi connectivity index (χ1) is 14.3. The Morgan fingerprint density at radius 2 is 1.90 bits per heavy atom. The number of ether oxygens (including phenoxy) is 1. The van der Waals surface area contributed by atoms with Gasteiger partial charge in [-0.15, -0.1) is 11.3 Å². The topological polar surface area (TPSA) is 84.0 Å². The van der Waals surface area contributed by atoms with Gasteiger partial charge in [-0.1, -0.05) is 12.8 Å². The van der Waals surface area contributed by atoms with Crippen molar-refractivity contribution in [2.75, 3.05) is 20.2 Å². The molecule has 4 unspecified atom stereocenters. The van der Waals surface area contributed by atoms with Gasteiger partial charge < -0.3 is 9.64 Å². The van der Waals surface area contributed by atoms with Crippen molar-refractivity contribution >= 4 is 33.2 Å². The summed E-state index contributed by atoms with van der Waals surface area (Å²) >= 11 is 1.26. The van der Waals surface area contributed by atoms with Crippen LogP contribution in [-0.2, 0) is 24.3 Å². The quantitative estimate of drug-likeness (QED) is 0.653. The van der Waals surface area contributed by atoms with E-state index in [1.54, 1.807) is 17.0 Å². The average Bonchev–Trinajstić information content (AvgIpc) is 3.37. The number of fused-ring (bicyclic) bond motifs is 1. The molecule has 1 amide bonds. The van der Waals surface area contributed by atoms with Gasteiger partial charge in [0.1, 0.15) is 10.3 Å². The summed E-state index contributed by atoms with van der Waals surface area (Å²) in [4.78, 5) is 28.8. The maximum Gasteiger partial charge on any atom is 0.328 e. The molecule has 0 radical (unpaired) electrons. The lowest BCUT2D eigenvalue weighted by atomic mass is 9.84. The van der Waals surface area contributed by atoms with E-state index in [1.807, 2.05) is 6.92 Å². The molecular formula is C21H30N2O5S2. The number of thiophene rings is 1. The summed E-state index contributed by atoms with van der Waals surface area (Å²) in [6.45, 7) is 2.49. The van der Waals surface area contributed by atoms with E-state index in [0.29, 0.717) is 35.9 Å². The number of sulfonamides is 1. The molecule has 7 nitrogen and oxygen atoms in total. The van der Waals surface area contributed by atoms with Gasteiger partial charge >= 0.3 is 5.97 Å². The highest BCUT2D eigenvalue weighted by Crippen LogP contribution is 2.41. The monoisotopic (exact) mass is 454 g/mol. The first-order valence-electron chi connectivity index (χ1n) is 10.8. The molecule has 4 atom stereocenters. The van der Waals surface area contributed by atoms with E-state index in [9.17, 15) is 18.0 Å². The fourth-order valence-electron chi connectivity index (χ4n) is 5.37. The molecule has 2 aliphatic heterocycles. The van der Waals surface area contributed by atoms with Crippen molar-refractivity contribution in [2.24, 2.45) is 11.8 Å². The Morgan fingerprint density at radius 1 is 1.13 bits per heavy atom. The number of hydrogen-bond donors (Lipinski definition) is 0. The minimum absolute atomic E-state index is 0.0716. The van der Waals surface area contributed by atoms with Crippen molar-refractivity contribution < 1.29 is 22.7 Å². The van der Waals surface area contributed by atoms with Crippen LogP contribution >= 0.6 is 11.3 Å². The van der Waals surface area contributed by atoms with E-state index >= 15 is 0 Å². The minimum Gasteiger partial charge on any atom is -0.467 e. The molecule has 2 saturated heterocycles. The van der Waals surface area contributed by atoms with Crippen molar-refractivity contribution in [3.05, 3.63) is 17.0 Å². The van der Waals surface area contributed by atoms with Crippen LogP contribution in [0, 0.1) is 18.8 Å². The summed E-state index contributed by atoms with van der Waals surface area (Å²) in [7, 11) is -2.23. The molecule has 3 aliphatic rings. The Hall–Kier alpha value is -1.45. The van der Waals surface area contributed by atoms with E-state index < -0.39 is 22.0 Å². The highest BCUT2D eigenvalue weighted by atomic mass is 32.2. The molecule has 0 spiro atoms. The van der Waals surface area contributed by atoms with Gasteiger partial charge in [0.25, 0.3) is 10.0 Å². The van der Waals surface area contributed by atoms with Crippen LogP contribution in [0.5, 0.6) is 0 Å². The number of aryl methyl sites for hydroxylation is 1. The number of amides is 1. The number of esters is 1. The minimum atomic E-state index is -3.60. The molecule has 0 aromatic carbocycles. The SMILES string of the molecule is COC(=O)C1CC2CCCCC2N1C(=O)C1CCCN(S(=O)(=O)c2ccc(C)s2)C1. The fraction of sp³-hybridized carbons (Fsp3) is 0.714. The molecule has 1 saturated carbocycles. The lowest BCUT2D eigenvalue weighted by Crippen LogP contribution is -2.52. The molecule has 3 heterocycles. The highest BCUT2D eigenvalue weighted by molar-refractivity contribution is 7.91. The summed E-state index contributed by atoms with van der Waals surface area (Å²) in [5.41, 5.74) is 0. The largest absolute Gasteiger partial charge is 0.467 e. The number of piperidine rings is 1. The van der Waals surface area contributed by atoms with Crippen LogP contribution in [0.15, 0.2) is 16.3 Å². The number of likely N-dealkylation sites (tertiary alicyclic amines) is 1. The van der Waals surface area contributed by atoms with Gasteiger partial charge in [-0.25, -0.2) is 13.2 Å². The van der Waals surface area contributed by atoms with Crippen LogP contribution in [0.25, 0.3) is 0 Å². The summed E-state index contributed by atoms with van der Waals surface area (Å²) in [5, 5.41) is 0. The fourth-order valence-corrected chi connectivity index (χ4v) is 8.34. The van der Waals surface area contributed by atoms with Crippen molar-refractivity contribution in [3.63, 3.8) is 0 Å². The Balaban J connectivity index is 1.55. The molecular weight excluding hydrogens is 424 g/mol. The van der Waals surface area contributed by atoms with Crippen molar-refractivity contribution in [1.29, 1.82) is 0 Å². The van der Waals surface area contributed by atoms with Gasteiger partial charge in [0.05, 0.1) is 13.0 Å². The Bertz CT molecular complexity index is 912. The Morgan fingerprint density at radius 3 is 2.60 bits per heavy atom. The number of rotatable bonds is 4. The maximum atomic E-state index is 13.6. The molecule has 1 aromatic rings. The molecule has 1 aromatic heterocycles. The van der Waals surface area contributed by atoms with Crippen molar-refractivity contribution in [1.82, 2.24) is 9.21 Å². The van der Waals surface area contributed by atoms with Crippen LogP contribution in [0.1, 0.15) is 49.8 Å². The number of carbonyl (C=O) groups is 2. The van der Waals surface area contributed by atoms with E-state index in [1.165, 1.54) is 22.8 Å². The molecule has 30 heavy (non-hydrogen) atoms. The van der Waals surface area contributed by atoms with Crippen LogP contribution in [-0.4, -0.2) is 61.8 Å². The van der Waals surface area contributed by atoms with Crippen molar-refractivity contribution in [2.45, 2.75) is 68.2 Å². The van der Waals surface area contributed by atoms with E-state index in [2.05, 4.69) is 0 Å². The van der Waals surface area contributed by atoms with Crippen LogP contribution < -0.4 is 0 Å². The molecule has 1 aliphatic carbocycles. The third-order valence-corrected chi connectivity index (χ3v) is 10.2. The van der Waals surface area contributed by atoms with Crippen LogP contribution in [0.2, 0.25) is 0 Å². The van der Waals surface area contributed by atoms with Gasteiger partial charge in [-0.05, 0) is 57.1 Å². The summed E-state index contributed by atoms with van der Waals surface area (Å²) < 4.78 is 32.9. The number of nitrogens with zero attached hydrogens (tertiary/aromatic N) is 2. The second-order valence-electron chi connectivity index (χ2n) is 8.70. The van der Waals surface area contributed by atoms with E-state index in [4.69, 9.17) is 4.74 Å². The molecule has 166 valence electrons. The van der Waals surface area contributed by atoms with E-state index in [0.717, 1.165) is 30.6 Å². The van der Waals surface area contributed by atoms with Crippen LogP contribution in [0.3, 0.4) is 0 Å². The number of carbonyl (C=O) groups excluding carboxylic acids is 2. The second kappa shape index (κ2) is 8.59. The van der Waals surface area contributed by atoms with Gasteiger partial charge in [-0.3, -0.25) is 4.79 Å². The average molecular weight is 455 g/mol. The Labute approximate surface area is 182 Å². The number of methoxy groups -OCH3 is 1. The molecule has 3 fully saturated rings. The first-order valence-corrected chi connectivity index (χ1v) is 13.0. The lowest BCUT2D eigenvalue weighted by Gasteiger charge is -2.38. The number of hydrogen-bond acceptors (Lipinski definition) is 6. The standard InChI is InChI=1S/C21H30N2O5S2/c1-14-9-10-19(29-14)30(26,27)22-11-5-7-16(13-22)20(24)23-17-8-4-3-6-15(17)12-18(23)21(25)28-2/h9-10,15-18H,3-8,11-13H2,1-2H3. The van der Waals surface area contributed by atoms with Crippen LogP contribution in [0.4, 0.5) is 0 Å². The van der Waals surface area contributed by atoms with Gasteiger partial charge in [-0.2, -0.15) is 4.31 Å². The van der Waals surface area contributed by atoms with Gasteiger partial charge in [0.15, 0.2) is 0 Å². The summed E-state index contributed by atoms with van der Waals surface area (Å²) in [6.07, 6.45) is 6.08. The zero-order chi connectivity index (χ0) is 21.5. The molecule has 4 rings (SSSR count). The molecule has 0 N–H and O–H groups in total. The molecule has 0 bridgehead atoms. The smallest absolute Gasteiger partial charge is 0.328 e. The van der Waals surface area contributed by atoms with Gasteiger partial charge in [0, 0.05) is 24.0 Å². The van der Waals surface area contributed by atoms with E-state index in [-0.39, 0.29) is 24.5 Å². The maximum absolute atomic E-state index is 13.6. The highest BCUT2D eigenvalue weighted by Gasteiger charge is 2.50.